The Hall–Kier alpha value is -2.40. The van der Waals surface area contributed by atoms with Gasteiger partial charge in [-0.25, -0.2) is 4.98 Å². The fraction of sp³-hybridized carbons (Fsp3) is 0.0769. The third-order valence-corrected chi connectivity index (χ3v) is 2.40. The van der Waals surface area contributed by atoms with Crippen molar-refractivity contribution in [2.24, 2.45) is 11.5 Å². The van der Waals surface area contributed by atoms with Gasteiger partial charge >= 0.3 is 0 Å². The zero-order valence-corrected chi connectivity index (χ0v) is 9.67. The Balaban J connectivity index is 2.25. The molecule has 0 aliphatic heterocycles. The lowest BCUT2D eigenvalue weighted by atomic mass is 10.2. The Morgan fingerprint density at radius 1 is 1.22 bits per heavy atom. The average Bonchev–Trinajstić information content (AvgIpc) is 2.40. The molecule has 0 saturated heterocycles. The molecule has 5 heteroatoms. The summed E-state index contributed by atoms with van der Waals surface area (Å²) in [6.45, 7) is 0.422. The summed E-state index contributed by atoms with van der Waals surface area (Å²) in [6.07, 6.45) is 1.63. The molecule has 2 aromatic rings. The lowest BCUT2D eigenvalue weighted by Crippen LogP contribution is -2.12. The Kier molecular flexibility index (Phi) is 3.54. The fourth-order valence-corrected chi connectivity index (χ4v) is 1.46. The third-order valence-electron chi connectivity index (χ3n) is 2.40. The van der Waals surface area contributed by atoms with Crippen LogP contribution in [0.1, 0.15) is 15.9 Å². The van der Waals surface area contributed by atoms with Crippen LogP contribution in [-0.4, -0.2) is 10.9 Å². The number of primary amides is 1. The van der Waals surface area contributed by atoms with Gasteiger partial charge in [-0.2, -0.15) is 0 Å². The van der Waals surface area contributed by atoms with Crippen molar-refractivity contribution in [2.45, 2.75) is 6.54 Å². The summed E-state index contributed by atoms with van der Waals surface area (Å²) in [5.74, 6) is 0.239. The number of para-hydroxylation sites is 1. The van der Waals surface area contributed by atoms with Gasteiger partial charge in [-0.1, -0.05) is 18.2 Å². The summed E-state index contributed by atoms with van der Waals surface area (Å²) < 4.78 is 5.52. The number of carbonyl (C=O) groups is 1. The van der Waals surface area contributed by atoms with Crippen molar-refractivity contribution in [3.63, 3.8) is 0 Å². The number of nitrogens with zero attached hydrogens (tertiary/aromatic N) is 1. The zero-order chi connectivity index (χ0) is 13.0. The van der Waals surface area contributed by atoms with Crippen molar-refractivity contribution in [1.29, 1.82) is 0 Å². The lowest BCUT2D eigenvalue weighted by Gasteiger charge is -2.08. The van der Waals surface area contributed by atoms with Crippen molar-refractivity contribution in [1.82, 2.24) is 4.98 Å². The number of rotatable bonds is 4. The molecule has 1 aromatic heterocycles. The third kappa shape index (κ3) is 2.64. The average molecular weight is 243 g/mol. The van der Waals surface area contributed by atoms with E-state index in [-0.39, 0.29) is 0 Å². The van der Waals surface area contributed by atoms with Gasteiger partial charge in [0.05, 0.1) is 5.56 Å². The van der Waals surface area contributed by atoms with Gasteiger partial charge in [0.2, 0.25) is 5.88 Å². The molecule has 1 amide bonds. The highest BCUT2D eigenvalue weighted by Gasteiger charge is 2.09. The number of amides is 1. The normalized spacial score (nSPS) is 10.1. The maximum Gasteiger partial charge on any atom is 0.252 e. The summed E-state index contributed by atoms with van der Waals surface area (Å²) in [7, 11) is 0. The smallest absolute Gasteiger partial charge is 0.252 e. The second-order valence-corrected chi connectivity index (χ2v) is 3.67. The van der Waals surface area contributed by atoms with Gasteiger partial charge in [0.25, 0.3) is 5.91 Å². The van der Waals surface area contributed by atoms with Gasteiger partial charge in [0, 0.05) is 18.8 Å². The van der Waals surface area contributed by atoms with E-state index in [2.05, 4.69) is 4.98 Å². The molecule has 0 aliphatic rings. The number of ether oxygens (including phenoxy) is 1. The van der Waals surface area contributed by atoms with Gasteiger partial charge < -0.3 is 16.2 Å². The molecule has 1 aromatic carbocycles. The van der Waals surface area contributed by atoms with Gasteiger partial charge in [-0.05, 0) is 17.7 Å². The van der Waals surface area contributed by atoms with Crippen LogP contribution in [0.25, 0.3) is 0 Å². The molecule has 0 radical (unpaired) electrons. The van der Waals surface area contributed by atoms with Crippen molar-refractivity contribution in [3.05, 3.63) is 53.7 Å². The number of pyridine rings is 1. The molecule has 1 heterocycles. The topological polar surface area (TPSA) is 91.2 Å². The molecule has 0 fully saturated rings. The highest BCUT2D eigenvalue weighted by Crippen LogP contribution is 2.23. The van der Waals surface area contributed by atoms with E-state index < -0.39 is 5.91 Å². The van der Waals surface area contributed by atoms with Crippen LogP contribution >= 0.6 is 0 Å². The lowest BCUT2D eigenvalue weighted by molar-refractivity contribution is 0.0998. The summed E-state index contributed by atoms with van der Waals surface area (Å²) >= 11 is 0. The van der Waals surface area contributed by atoms with E-state index in [1.165, 1.54) is 0 Å². The van der Waals surface area contributed by atoms with Crippen LogP contribution in [-0.2, 0) is 6.54 Å². The van der Waals surface area contributed by atoms with Crippen LogP contribution in [0.3, 0.4) is 0 Å². The van der Waals surface area contributed by atoms with E-state index in [9.17, 15) is 4.79 Å². The minimum Gasteiger partial charge on any atom is -0.438 e. The van der Waals surface area contributed by atoms with Crippen LogP contribution in [0, 0.1) is 0 Å². The van der Waals surface area contributed by atoms with Crippen LogP contribution in [0.4, 0.5) is 0 Å². The first-order chi connectivity index (χ1) is 8.70. The van der Waals surface area contributed by atoms with Crippen LogP contribution in [0.5, 0.6) is 11.6 Å². The van der Waals surface area contributed by atoms with Crippen LogP contribution in [0.2, 0.25) is 0 Å². The molecule has 4 N–H and O–H groups in total. The molecule has 5 nitrogen and oxygen atoms in total. The Bertz CT molecular complexity index is 552. The second-order valence-electron chi connectivity index (χ2n) is 3.67. The van der Waals surface area contributed by atoms with Crippen molar-refractivity contribution >= 4 is 5.91 Å². The first-order valence-electron chi connectivity index (χ1n) is 5.42. The summed E-state index contributed by atoms with van der Waals surface area (Å²) in [6, 6.07) is 10.3. The van der Waals surface area contributed by atoms with Crippen molar-refractivity contribution in [3.8, 4) is 11.6 Å². The number of nitrogens with two attached hydrogens (primary N) is 2. The molecule has 0 aliphatic carbocycles. The maximum atomic E-state index is 11.2. The minimum atomic E-state index is -0.538. The first-order valence-corrected chi connectivity index (χ1v) is 5.42. The highest BCUT2D eigenvalue weighted by atomic mass is 16.5. The molecule has 0 unspecified atom stereocenters. The summed E-state index contributed by atoms with van der Waals surface area (Å²) in [5, 5.41) is 0. The first kappa shape index (κ1) is 12.1. The van der Waals surface area contributed by atoms with Gasteiger partial charge in [0.1, 0.15) is 5.75 Å². The monoisotopic (exact) mass is 243 g/mol. The number of hydrogen-bond acceptors (Lipinski definition) is 4. The molecule has 2 rings (SSSR count). The van der Waals surface area contributed by atoms with Crippen molar-refractivity contribution in [2.75, 3.05) is 0 Å². The molecule has 0 bridgehead atoms. The van der Waals surface area contributed by atoms with Gasteiger partial charge in [0.15, 0.2) is 0 Å². The predicted octanol–water partition coefficient (Wildman–Crippen LogP) is 1.43. The molecule has 92 valence electrons. The van der Waals surface area contributed by atoms with Crippen LogP contribution < -0.4 is 16.2 Å². The SMILES string of the molecule is NCc1ccc(Oc2ccccc2C(N)=O)nc1. The van der Waals surface area contributed by atoms with E-state index in [1.54, 1.807) is 36.5 Å². The molecular weight excluding hydrogens is 230 g/mol. The molecule has 0 saturated carbocycles. The Morgan fingerprint density at radius 2 is 2.00 bits per heavy atom. The number of hydrogen-bond donors (Lipinski definition) is 2. The molecular formula is C13H13N3O2. The number of carbonyl (C=O) groups excluding carboxylic acids is 1. The highest BCUT2D eigenvalue weighted by molar-refractivity contribution is 5.95. The quantitative estimate of drug-likeness (QED) is 0.849. The minimum absolute atomic E-state index is 0.321. The Labute approximate surface area is 104 Å². The molecule has 18 heavy (non-hydrogen) atoms. The van der Waals surface area contributed by atoms with E-state index >= 15 is 0 Å². The van der Waals surface area contributed by atoms with E-state index in [4.69, 9.17) is 16.2 Å². The second kappa shape index (κ2) is 5.29. The largest absolute Gasteiger partial charge is 0.438 e. The van der Waals surface area contributed by atoms with Crippen molar-refractivity contribution < 1.29 is 9.53 Å². The number of aromatic nitrogens is 1. The van der Waals surface area contributed by atoms with Gasteiger partial charge in [-0.3, -0.25) is 4.79 Å². The molecule has 0 atom stereocenters. The number of benzene rings is 1. The summed E-state index contributed by atoms with van der Waals surface area (Å²) in [5.41, 5.74) is 12.0. The maximum absolute atomic E-state index is 11.2. The Morgan fingerprint density at radius 3 is 2.61 bits per heavy atom. The van der Waals surface area contributed by atoms with E-state index in [0.717, 1.165) is 5.56 Å². The standard InChI is InChI=1S/C13H13N3O2/c14-7-9-5-6-12(16-8-9)18-11-4-2-1-3-10(11)13(15)17/h1-6,8H,7,14H2,(H2,15,17). The van der Waals surface area contributed by atoms with E-state index in [1.807, 2.05) is 6.07 Å². The van der Waals surface area contributed by atoms with E-state index in [0.29, 0.717) is 23.7 Å². The molecule has 0 spiro atoms. The fourth-order valence-electron chi connectivity index (χ4n) is 1.46. The zero-order valence-electron chi connectivity index (χ0n) is 9.67. The van der Waals surface area contributed by atoms with Crippen LogP contribution in [0.15, 0.2) is 42.6 Å². The van der Waals surface area contributed by atoms with Gasteiger partial charge in [-0.15, -0.1) is 0 Å². The summed E-state index contributed by atoms with van der Waals surface area (Å²) in [4.78, 5) is 15.3. The predicted molar refractivity (Wildman–Crippen MR) is 67.2 cm³/mol.